The average Bonchev–Trinajstić information content (AvgIpc) is 3.16. The molecule has 0 saturated carbocycles. The van der Waals surface area contributed by atoms with Gasteiger partial charge < -0.3 is 19.1 Å². The first kappa shape index (κ1) is 16.7. The number of hydrogen-bond donors (Lipinski definition) is 0. The van der Waals surface area contributed by atoms with E-state index in [0.717, 1.165) is 31.5 Å². The van der Waals surface area contributed by atoms with Gasteiger partial charge in [-0.25, -0.2) is 0 Å². The third-order valence-electron chi connectivity index (χ3n) is 4.49. The summed E-state index contributed by atoms with van der Waals surface area (Å²) in [7, 11) is 0. The number of rotatable bonds is 5. The summed E-state index contributed by atoms with van der Waals surface area (Å²) in [5.74, 6) is 1.03. The Morgan fingerprint density at radius 2 is 1.88 bits per heavy atom. The van der Waals surface area contributed by atoms with E-state index in [1.165, 1.54) is 0 Å². The first-order valence-corrected chi connectivity index (χ1v) is 8.36. The van der Waals surface area contributed by atoms with E-state index in [-0.39, 0.29) is 18.8 Å². The number of benzene rings is 1. The van der Waals surface area contributed by atoms with Crippen LogP contribution in [-0.2, 0) is 20.7 Å². The number of ether oxygens (including phenoxy) is 3. The molecule has 0 radical (unpaired) electrons. The van der Waals surface area contributed by atoms with Crippen molar-refractivity contribution in [3.8, 4) is 11.8 Å². The van der Waals surface area contributed by atoms with E-state index in [4.69, 9.17) is 19.5 Å². The van der Waals surface area contributed by atoms with Gasteiger partial charge in [0.05, 0.1) is 25.7 Å². The number of carbonyl (C=O) groups excluding carboxylic acids is 1. The minimum atomic E-state index is -0.0922. The molecule has 1 amide bonds. The molecule has 1 aromatic rings. The zero-order valence-corrected chi connectivity index (χ0v) is 13.6. The minimum Gasteiger partial charge on any atom is -0.484 e. The number of amides is 1. The summed E-state index contributed by atoms with van der Waals surface area (Å²) in [6, 6.07) is 9.37. The Morgan fingerprint density at radius 1 is 1.21 bits per heavy atom. The topological polar surface area (TPSA) is 71.8 Å². The number of likely N-dealkylation sites (tertiary alicyclic amines) is 1. The maximum atomic E-state index is 12.3. The average molecular weight is 330 g/mol. The monoisotopic (exact) mass is 330 g/mol. The first-order valence-electron chi connectivity index (χ1n) is 8.36. The molecule has 0 aromatic heterocycles. The van der Waals surface area contributed by atoms with Gasteiger partial charge >= 0.3 is 0 Å². The van der Waals surface area contributed by atoms with Crippen LogP contribution in [-0.4, -0.2) is 50.0 Å². The van der Waals surface area contributed by atoms with Crippen molar-refractivity contribution in [2.24, 2.45) is 5.92 Å². The van der Waals surface area contributed by atoms with Gasteiger partial charge in [-0.3, -0.25) is 4.79 Å². The Hall–Kier alpha value is -2.10. The van der Waals surface area contributed by atoms with Crippen LogP contribution in [0.2, 0.25) is 0 Å². The van der Waals surface area contributed by atoms with Crippen LogP contribution in [0.1, 0.15) is 18.4 Å². The Morgan fingerprint density at radius 3 is 2.50 bits per heavy atom. The van der Waals surface area contributed by atoms with Gasteiger partial charge in [-0.1, -0.05) is 12.1 Å². The molecule has 6 nitrogen and oxygen atoms in total. The quantitative estimate of drug-likeness (QED) is 0.822. The normalized spacial score (nSPS) is 19.2. The highest BCUT2D eigenvalue weighted by molar-refractivity contribution is 5.77. The molecule has 6 heteroatoms. The fourth-order valence-corrected chi connectivity index (χ4v) is 3.10. The molecule has 2 aliphatic rings. The summed E-state index contributed by atoms with van der Waals surface area (Å²) >= 11 is 0. The summed E-state index contributed by atoms with van der Waals surface area (Å²) in [5.41, 5.74) is 0.939. The fourth-order valence-electron chi connectivity index (χ4n) is 3.10. The van der Waals surface area contributed by atoms with Crippen LogP contribution in [0, 0.1) is 17.2 Å². The number of piperidine rings is 1. The second-order valence-corrected chi connectivity index (χ2v) is 6.10. The van der Waals surface area contributed by atoms with Crippen molar-refractivity contribution >= 4 is 5.91 Å². The summed E-state index contributed by atoms with van der Waals surface area (Å²) in [6.45, 7) is 2.82. The van der Waals surface area contributed by atoms with Gasteiger partial charge in [0.25, 0.3) is 5.91 Å². The lowest BCUT2D eigenvalue weighted by Crippen LogP contribution is -2.43. The lowest BCUT2D eigenvalue weighted by molar-refractivity contribution is -0.138. The van der Waals surface area contributed by atoms with Crippen LogP contribution in [0.5, 0.6) is 5.75 Å². The van der Waals surface area contributed by atoms with Gasteiger partial charge in [0.15, 0.2) is 12.9 Å². The summed E-state index contributed by atoms with van der Waals surface area (Å²) in [5, 5.41) is 8.65. The van der Waals surface area contributed by atoms with E-state index in [1.54, 1.807) is 12.1 Å². The van der Waals surface area contributed by atoms with E-state index in [1.807, 2.05) is 17.0 Å². The highest BCUT2D eigenvalue weighted by Crippen LogP contribution is 2.25. The predicted molar refractivity (Wildman–Crippen MR) is 86.3 cm³/mol. The van der Waals surface area contributed by atoms with Crippen molar-refractivity contribution in [1.82, 2.24) is 4.90 Å². The Labute approximate surface area is 141 Å². The molecule has 2 saturated heterocycles. The second kappa shape index (κ2) is 8.13. The minimum absolute atomic E-state index is 0.00260. The lowest BCUT2D eigenvalue weighted by atomic mass is 9.96. The number of nitriles is 1. The predicted octanol–water partition coefficient (Wildman–Crippen LogP) is 1.74. The smallest absolute Gasteiger partial charge is 0.260 e. The van der Waals surface area contributed by atoms with Gasteiger partial charge in [-0.15, -0.1) is 0 Å². The highest BCUT2D eigenvalue weighted by Gasteiger charge is 2.31. The van der Waals surface area contributed by atoms with Crippen LogP contribution in [0.4, 0.5) is 0 Å². The molecule has 0 aliphatic carbocycles. The molecule has 0 N–H and O–H groups in total. The molecule has 1 aromatic carbocycles. The van der Waals surface area contributed by atoms with E-state index in [0.29, 0.717) is 31.3 Å². The third-order valence-corrected chi connectivity index (χ3v) is 4.49. The van der Waals surface area contributed by atoms with Crippen molar-refractivity contribution in [2.75, 3.05) is 32.9 Å². The Kier molecular flexibility index (Phi) is 5.68. The first-order chi connectivity index (χ1) is 11.8. The van der Waals surface area contributed by atoms with Crippen molar-refractivity contribution < 1.29 is 19.0 Å². The summed E-state index contributed by atoms with van der Waals surface area (Å²) in [6.07, 6.45) is 2.09. The van der Waals surface area contributed by atoms with Crippen molar-refractivity contribution in [1.29, 1.82) is 5.26 Å². The number of hydrogen-bond acceptors (Lipinski definition) is 5. The lowest BCUT2D eigenvalue weighted by Gasteiger charge is -2.33. The molecule has 0 atom stereocenters. The van der Waals surface area contributed by atoms with Crippen molar-refractivity contribution in [3.05, 3.63) is 29.8 Å². The van der Waals surface area contributed by atoms with Gasteiger partial charge in [0.1, 0.15) is 5.75 Å². The molecule has 0 spiro atoms. The molecular weight excluding hydrogens is 308 g/mol. The molecular formula is C18H22N2O4. The van der Waals surface area contributed by atoms with Crippen molar-refractivity contribution in [3.63, 3.8) is 0 Å². The molecule has 0 bridgehead atoms. The fraction of sp³-hybridized carbons (Fsp3) is 0.556. The van der Waals surface area contributed by atoms with Crippen LogP contribution >= 0.6 is 0 Å². The zero-order chi connectivity index (χ0) is 16.8. The van der Waals surface area contributed by atoms with Gasteiger partial charge in [-0.05, 0) is 30.5 Å². The summed E-state index contributed by atoms with van der Waals surface area (Å²) in [4.78, 5) is 14.1. The molecule has 0 unspecified atom stereocenters. The van der Waals surface area contributed by atoms with Crippen LogP contribution < -0.4 is 4.74 Å². The van der Waals surface area contributed by atoms with E-state index in [2.05, 4.69) is 6.07 Å². The molecule has 128 valence electrons. The largest absolute Gasteiger partial charge is 0.484 e. The number of carbonyl (C=O) groups is 1. The molecule has 2 fully saturated rings. The molecule has 24 heavy (non-hydrogen) atoms. The zero-order valence-electron chi connectivity index (χ0n) is 13.6. The van der Waals surface area contributed by atoms with Crippen LogP contribution in [0.3, 0.4) is 0 Å². The van der Waals surface area contributed by atoms with Gasteiger partial charge in [0.2, 0.25) is 0 Å². The summed E-state index contributed by atoms with van der Waals surface area (Å²) < 4.78 is 16.7. The van der Waals surface area contributed by atoms with Crippen LogP contribution in [0.15, 0.2) is 24.3 Å². The van der Waals surface area contributed by atoms with Crippen molar-refractivity contribution in [2.45, 2.75) is 25.6 Å². The van der Waals surface area contributed by atoms with Crippen LogP contribution in [0.25, 0.3) is 0 Å². The Bertz CT molecular complexity index is 582. The Balaban J connectivity index is 1.41. The van der Waals surface area contributed by atoms with E-state index < -0.39 is 0 Å². The maximum absolute atomic E-state index is 12.3. The standard InChI is InChI=1S/C18H22N2O4/c19-8-5-14-1-3-16(4-2-14)24-13-17(21)20-9-6-15(7-10-20)18-22-11-12-23-18/h1-4,15,18H,5-7,9-13H2. The SMILES string of the molecule is N#CCc1ccc(OCC(=O)N2CCC(C3OCCO3)CC2)cc1. The molecule has 2 aliphatic heterocycles. The van der Waals surface area contributed by atoms with Gasteiger partial charge in [-0.2, -0.15) is 5.26 Å². The second-order valence-electron chi connectivity index (χ2n) is 6.10. The van der Waals surface area contributed by atoms with Gasteiger partial charge in [0, 0.05) is 19.0 Å². The maximum Gasteiger partial charge on any atom is 0.260 e. The molecule has 2 heterocycles. The highest BCUT2D eigenvalue weighted by atomic mass is 16.7. The van der Waals surface area contributed by atoms with E-state index >= 15 is 0 Å². The molecule has 3 rings (SSSR count). The van der Waals surface area contributed by atoms with E-state index in [9.17, 15) is 4.79 Å². The third kappa shape index (κ3) is 4.25. The number of nitrogens with zero attached hydrogens (tertiary/aromatic N) is 2.